The zero-order valence-electron chi connectivity index (χ0n) is 7.78. The summed E-state index contributed by atoms with van der Waals surface area (Å²) in [4.78, 5) is 2.34. The quantitative estimate of drug-likeness (QED) is 0.715. The van der Waals surface area contributed by atoms with Crippen LogP contribution in [-0.4, -0.2) is 0 Å². The first kappa shape index (κ1) is 10.9. The molecule has 3 heteroatoms. The zero-order valence-corrected chi connectivity index (χ0v) is 10.1. The van der Waals surface area contributed by atoms with Gasteiger partial charge >= 0.3 is 0 Å². The topological polar surface area (TPSA) is 0 Å². The SMILES string of the molecule is Clc1ccc(Sc2ccc(Cl)cc2)cc1. The van der Waals surface area contributed by atoms with Gasteiger partial charge in [-0.2, -0.15) is 0 Å². The van der Waals surface area contributed by atoms with Crippen molar-refractivity contribution in [2.45, 2.75) is 9.79 Å². The molecule has 0 aliphatic rings. The second-order valence-electron chi connectivity index (χ2n) is 3.01. The van der Waals surface area contributed by atoms with E-state index in [2.05, 4.69) is 0 Å². The molecule has 0 radical (unpaired) electrons. The molecule has 0 saturated heterocycles. The van der Waals surface area contributed by atoms with Crippen LogP contribution >= 0.6 is 35.0 Å². The summed E-state index contributed by atoms with van der Waals surface area (Å²) in [7, 11) is 0. The molecular weight excluding hydrogens is 247 g/mol. The summed E-state index contributed by atoms with van der Waals surface area (Å²) in [6.45, 7) is 0. The van der Waals surface area contributed by atoms with Crippen molar-refractivity contribution in [1.82, 2.24) is 0 Å². The lowest BCUT2D eigenvalue weighted by molar-refractivity contribution is 1.41. The minimum Gasteiger partial charge on any atom is -0.0901 e. The number of hydrogen-bond acceptors (Lipinski definition) is 1. The van der Waals surface area contributed by atoms with Crippen LogP contribution in [0.4, 0.5) is 0 Å². The highest BCUT2D eigenvalue weighted by atomic mass is 35.5. The Labute approximate surface area is 103 Å². The Kier molecular flexibility index (Phi) is 3.57. The van der Waals surface area contributed by atoms with Gasteiger partial charge in [-0.3, -0.25) is 0 Å². The van der Waals surface area contributed by atoms with Gasteiger partial charge < -0.3 is 0 Å². The third-order valence-corrected chi connectivity index (χ3v) is 3.38. The molecule has 0 unspecified atom stereocenters. The van der Waals surface area contributed by atoms with Crippen LogP contribution in [0.3, 0.4) is 0 Å². The molecule has 0 fully saturated rings. The van der Waals surface area contributed by atoms with Crippen molar-refractivity contribution in [2.24, 2.45) is 0 Å². The van der Waals surface area contributed by atoms with E-state index in [4.69, 9.17) is 23.2 Å². The number of rotatable bonds is 2. The summed E-state index contributed by atoms with van der Waals surface area (Å²) >= 11 is 13.3. The van der Waals surface area contributed by atoms with Gasteiger partial charge in [0.2, 0.25) is 0 Å². The molecule has 0 aliphatic heterocycles. The smallest absolute Gasteiger partial charge is 0.0406 e. The molecule has 0 aromatic heterocycles. The van der Waals surface area contributed by atoms with Crippen molar-refractivity contribution < 1.29 is 0 Å². The third kappa shape index (κ3) is 3.16. The highest BCUT2D eigenvalue weighted by molar-refractivity contribution is 7.99. The Morgan fingerprint density at radius 2 is 0.933 bits per heavy atom. The average Bonchev–Trinajstić information content (AvgIpc) is 2.25. The average molecular weight is 255 g/mol. The monoisotopic (exact) mass is 254 g/mol. The van der Waals surface area contributed by atoms with Crippen LogP contribution in [-0.2, 0) is 0 Å². The molecular formula is C12H8Cl2S. The van der Waals surface area contributed by atoms with E-state index in [1.165, 1.54) is 9.79 Å². The number of halogens is 2. The molecule has 0 aliphatic carbocycles. The Morgan fingerprint density at radius 1 is 0.600 bits per heavy atom. The summed E-state index contributed by atoms with van der Waals surface area (Å²) in [6, 6.07) is 15.6. The van der Waals surface area contributed by atoms with Crippen molar-refractivity contribution >= 4 is 35.0 Å². The van der Waals surface area contributed by atoms with Crippen LogP contribution in [0.2, 0.25) is 10.0 Å². The Morgan fingerprint density at radius 3 is 1.27 bits per heavy atom. The summed E-state index contributed by atoms with van der Waals surface area (Å²) in [5, 5.41) is 1.52. The maximum absolute atomic E-state index is 5.81. The lowest BCUT2D eigenvalue weighted by Gasteiger charge is -2.01. The Hall–Kier alpha value is -0.630. The van der Waals surface area contributed by atoms with E-state index in [1.807, 2.05) is 48.5 Å². The Balaban J connectivity index is 2.15. The van der Waals surface area contributed by atoms with Crippen molar-refractivity contribution in [3.63, 3.8) is 0 Å². The van der Waals surface area contributed by atoms with E-state index in [-0.39, 0.29) is 0 Å². The zero-order chi connectivity index (χ0) is 10.7. The summed E-state index contributed by atoms with van der Waals surface area (Å²) in [6.07, 6.45) is 0. The van der Waals surface area contributed by atoms with Crippen LogP contribution in [0.25, 0.3) is 0 Å². The first-order chi connectivity index (χ1) is 7.24. The molecule has 15 heavy (non-hydrogen) atoms. The highest BCUT2D eigenvalue weighted by Crippen LogP contribution is 2.29. The fraction of sp³-hybridized carbons (Fsp3) is 0. The largest absolute Gasteiger partial charge is 0.0901 e. The molecule has 0 N–H and O–H groups in total. The van der Waals surface area contributed by atoms with Crippen LogP contribution < -0.4 is 0 Å². The maximum atomic E-state index is 5.81. The fourth-order valence-electron chi connectivity index (χ4n) is 1.14. The van der Waals surface area contributed by atoms with Gasteiger partial charge in [-0.15, -0.1) is 0 Å². The fourth-order valence-corrected chi connectivity index (χ4v) is 2.21. The van der Waals surface area contributed by atoms with Gasteiger partial charge in [0.25, 0.3) is 0 Å². The Bertz CT molecular complexity index is 391. The molecule has 0 spiro atoms. The van der Waals surface area contributed by atoms with Crippen molar-refractivity contribution in [2.75, 3.05) is 0 Å². The molecule has 76 valence electrons. The first-order valence-corrected chi connectivity index (χ1v) is 6.00. The van der Waals surface area contributed by atoms with Gasteiger partial charge in [0.1, 0.15) is 0 Å². The van der Waals surface area contributed by atoms with Crippen LogP contribution in [0.1, 0.15) is 0 Å². The second kappa shape index (κ2) is 4.93. The number of benzene rings is 2. The van der Waals surface area contributed by atoms with Crippen LogP contribution in [0.5, 0.6) is 0 Å². The molecule has 2 rings (SSSR count). The summed E-state index contributed by atoms with van der Waals surface area (Å²) < 4.78 is 0. The lowest BCUT2D eigenvalue weighted by atomic mass is 10.4. The van der Waals surface area contributed by atoms with E-state index in [0.717, 1.165) is 10.0 Å². The van der Waals surface area contributed by atoms with Crippen LogP contribution in [0.15, 0.2) is 58.3 Å². The predicted molar refractivity (Wildman–Crippen MR) is 67.0 cm³/mol. The van der Waals surface area contributed by atoms with Crippen molar-refractivity contribution in [1.29, 1.82) is 0 Å². The lowest BCUT2D eigenvalue weighted by Crippen LogP contribution is -1.73. The van der Waals surface area contributed by atoms with Crippen LogP contribution in [0, 0.1) is 0 Å². The summed E-state index contributed by atoms with van der Waals surface area (Å²) in [5.41, 5.74) is 0. The predicted octanol–water partition coefficient (Wildman–Crippen LogP) is 5.14. The summed E-state index contributed by atoms with van der Waals surface area (Å²) in [5.74, 6) is 0. The van der Waals surface area contributed by atoms with Gasteiger partial charge in [0.15, 0.2) is 0 Å². The van der Waals surface area contributed by atoms with Gasteiger partial charge in [-0.05, 0) is 48.5 Å². The minimum atomic E-state index is 0.760. The minimum absolute atomic E-state index is 0.760. The normalized spacial score (nSPS) is 10.3. The second-order valence-corrected chi connectivity index (χ2v) is 5.03. The molecule has 2 aromatic rings. The molecule has 0 bridgehead atoms. The van der Waals surface area contributed by atoms with Crippen molar-refractivity contribution in [3.8, 4) is 0 Å². The van der Waals surface area contributed by atoms with E-state index < -0.39 is 0 Å². The van der Waals surface area contributed by atoms with Crippen molar-refractivity contribution in [3.05, 3.63) is 58.6 Å². The van der Waals surface area contributed by atoms with Gasteiger partial charge in [-0.25, -0.2) is 0 Å². The molecule has 2 aromatic carbocycles. The first-order valence-electron chi connectivity index (χ1n) is 4.43. The van der Waals surface area contributed by atoms with E-state index in [1.54, 1.807) is 11.8 Å². The molecule has 0 saturated carbocycles. The molecule has 0 heterocycles. The number of hydrogen-bond donors (Lipinski definition) is 0. The standard InChI is InChI=1S/C12H8Cl2S/c13-9-1-5-11(6-2-9)15-12-7-3-10(14)4-8-12/h1-8H. The van der Waals surface area contributed by atoms with E-state index in [9.17, 15) is 0 Å². The highest BCUT2D eigenvalue weighted by Gasteiger charge is 1.97. The van der Waals surface area contributed by atoms with Gasteiger partial charge in [0, 0.05) is 19.8 Å². The molecule has 0 atom stereocenters. The maximum Gasteiger partial charge on any atom is 0.0406 e. The molecule has 0 amide bonds. The van der Waals surface area contributed by atoms with E-state index >= 15 is 0 Å². The molecule has 0 nitrogen and oxygen atoms in total. The van der Waals surface area contributed by atoms with Gasteiger partial charge in [0.05, 0.1) is 0 Å². The van der Waals surface area contributed by atoms with Gasteiger partial charge in [-0.1, -0.05) is 35.0 Å². The van der Waals surface area contributed by atoms with E-state index in [0.29, 0.717) is 0 Å². The third-order valence-electron chi connectivity index (χ3n) is 1.86.